The standard InChI is InChI=1S/C11H22N6O/c1-6-18-10-15-8(14-9(16-10)17-12)13-7(2)11(3,4)5/h7H,6,12H2,1-5H3,(H2,13,14,15,16,17). The Balaban J connectivity index is 2.90. The molecule has 0 bridgehead atoms. The van der Waals surface area contributed by atoms with Gasteiger partial charge in [0.1, 0.15) is 0 Å². The van der Waals surface area contributed by atoms with Gasteiger partial charge in [-0.1, -0.05) is 20.8 Å². The van der Waals surface area contributed by atoms with Crippen LogP contribution in [0.5, 0.6) is 6.01 Å². The number of ether oxygens (including phenoxy) is 1. The van der Waals surface area contributed by atoms with Gasteiger partial charge >= 0.3 is 6.01 Å². The fourth-order valence-electron chi connectivity index (χ4n) is 1.09. The lowest BCUT2D eigenvalue weighted by atomic mass is 9.88. The van der Waals surface area contributed by atoms with Crippen molar-refractivity contribution in [1.29, 1.82) is 0 Å². The first-order valence-corrected chi connectivity index (χ1v) is 5.98. The molecule has 1 heterocycles. The molecule has 1 atom stereocenters. The minimum absolute atomic E-state index is 0.0920. The van der Waals surface area contributed by atoms with Crippen molar-refractivity contribution in [3.05, 3.63) is 0 Å². The normalized spacial score (nSPS) is 13.0. The molecule has 18 heavy (non-hydrogen) atoms. The minimum Gasteiger partial charge on any atom is -0.464 e. The highest BCUT2D eigenvalue weighted by Gasteiger charge is 2.21. The first-order chi connectivity index (χ1) is 8.36. The van der Waals surface area contributed by atoms with Crippen LogP contribution in [0.25, 0.3) is 0 Å². The first-order valence-electron chi connectivity index (χ1n) is 5.98. The predicted octanol–water partition coefficient (Wildman–Crippen LogP) is 1.40. The summed E-state index contributed by atoms with van der Waals surface area (Å²) in [6.07, 6.45) is 0. The van der Waals surface area contributed by atoms with Crippen molar-refractivity contribution in [2.75, 3.05) is 17.3 Å². The van der Waals surface area contributed by atoms with Crippen molar-refractivity contribution in [2.24, 2.45) is 11.3 Å². The summed E-state index contributed by atoms with van der Waals surface area (Å²) in [6, 6.07) is 0.448. The Hall–Kier alpha value is -1.63. The van der Waals surface area contributed by atoms with Crippen LogP contribution in [0, 0.1) is 5.41 Å². The number of hydrazine groups is 1. The average Bonchev–Trinajstić information content (AvgIpc) is 2.27. The summed E-state index contributed by atoms with van der Waals surface area (Å²) in [5, 5.41) is 3.22. The van der Waals surface area contributed by atoms with Crippen molar-refractivity contribution in [2.45, 2.75) is 40.7 Å². The monoisotopic (exact) mass is 254 g/mol. The summed E-state index contributed by atoms with van der Waals surface area (Å²) in [4.78, 5) is 12.3. The molecule has 0 saturated heterocycles. The van der Waals surface area contributed by atoms with Gasteiger partial charge in [-0.25, -0.2) is 5.84 Å². The number of nitrogens with two attached hydrogens (primary N) is 1. The number of rotatable bonds is 5. The summed E-state index contributed by atoms with van der Waals surface area (Å²) in [7, 11) is 0. The lowest BCUT2D eigenvalue weighted by Gasteiger charge is -2.28. The molecular weight excluding hydrogens is 232 g/mol. The van der Waals surface area contributed by atoms with Gasteiger partial charge in [-0.2, -0.15) is 15.0 Å². The summed E-state index contributed by atoms with van der Waals surface area (Å²) in [5.74, 6) is 6.04. The third kappa shape index (κ3) is 3.99. The molecule has 7 heteroatoms. The molecule has 1 unspecified atom stereocenters. The van der Waals surface area contributed by atoms with E-state index < -0.39 is 0 Å². The number of anilines is 2. The molecule has 1 aromatic heterocycles. The lowest BCUT2D eigenvalue weighted by molar-refractivity contribution is 0.311. The zero-order chi connectivity index (χ0) is 13.8. The number of hydrogen-bond donors (Lipinski definition) is 3. The number of nitrogen functional groups attached to an aromatic ring is 1. The molecular formula is C11H22N6O. The van der Waals surface area contributed by atoms with Crippen LogP contribution in [-0.4, -0.2) is 27.6 Å². The Labute approximate surface area is 108 Å². The van der Waals surface area contributed by atoms with E-state index in [0.717, 1.165) is 0 Å². The summed E-state index contributed by atoms with van der Waals surface area (Å²) in [6.45, 7) is 10.8. The quantitative estimate of drug-likeness (QED) is 0.539. The van der Waals surface area contributed by atoms with E-state index in [0.29, 0.717) is 12.6 Å². The van der Waals surface area contributed by atoms with Gasteiger partial charge in [0.15, 0.2) is 0 Å². The van der Waals surface area contributed by atoms with Gasteiger partial charge in [0, 0.05) is 6.04 Å². The SMILES string of the molecule is CCOc1nc(NN)nc(NC(C)C(C)(C)C)n1. The van der Waals surface area contributed by atoms with Crippen molar-refractivity contribution in [3.63, 3.8) is 0 Å². The van der Waals surface area contributed by atoms with Crippen LogP contribution >= 0.6 is 0 Å². The molecule has 0 aromatic carbocycles. The molecule has 0 aliphatic carbocycles. The molecule has 102 valence electrons. The first kappa shape index (κ1) is 14.4. The summed E-state index contributed by atoms with van der Waals surface area (Å²) < 4.78 is 5.26. The van der Waals surface area contributed by atoms with Crippen molar-refractivity contribution in [3.8, 4) is 6.01 Å². The van der Waals surface area contributed by atoms with Crippen LogP contribution < -0.4 is 21.3 Å². The van der Waals surface area contributed by atoms with Gasteiger partial charge in [0.2, 0.25) is 11.9 Å². The lowest BCUT2D eigenvalue weighted by Crippen LogP contribution is -2.31. The smallest absolute Gasteiger partial charge is 0.323 e. The Morgan fingerprint density at radius 2 is 1.83 bits per heavy atom. The van der Waals surface area contributed by atoms with Gasteiger partial charge in [-0.3, -0.25) is 5.43 Å². The Morgan fingerprint density at radius 3 is 2.33 bits per heavy atom. The Morgan fingerprint density at radius 1 is 1.22 bits per heavy atom. The number of hydrogen-bond acceptors (Lipinski definition) is 7. The van der Waals surface area contributed by atoms with E-state index >= 15 is 0 Å². The maximum Gasteiger partial charge on any atom is 0.323 e. The van der Waals surface area contributed by atoms with Gasteiger partial charge in [0.25, 0.3) is 0 Å². The van der Waals surface area contributed by atoms with E-state index in [9.17, 15) is 0 Å². The summed E-state index contributed by atoms with van der Waals surface area (Å²) in [5.41, 5.74) is 2.49. The zero-order valence-electron chi connectivity index (χ0n) is 11.6. The maximum absolute atomic E-state index is 5.31. The van der Waals surface area contributed by atoms with E-state index in [-0.39, 0.29) is 23.4 Å². The molecule has 0 aliphatic rings. The van der Waals surface area contributed by atoms with Crippen molar-refractivity contribution >= 4 is 11.9 Å². The zero-order valence-corrected chi connectivity index (χ0v) is 11.6. The van der Waals surface area contributed by atoms with Crippen LogP contribution in [0.4, 0.5) is 11.9 Å². The van der Waals surface area contributed by atoms with E-state index in [1.165, 1.54) is 0 Å². The second-order valence-electron chi connectivity index (χ2n) is 5.07. The molecule has 1 rings (SSSR count). The van der Waals surface area contributed by atoms with Crippen molar-refractivity contribution < 1.29 is 4.74 Å². The number of nitrogens with one attached hydrogen (secondary N) is 2. The minimum atomic E-state index is 0.0920. The molecule has 0 aliphatic heterocycles. The van der Waals surface area contributed by atoms with Gasteiger partial charge < -0.3 is 10.1 Å². The van der Waals surface area contributed by atoms with Crippen LogP contribution in [0.3, 0.4) is 0 Å². The maximum atomic E-state index is 5.31. The van der Waals surface area contributed by atoms with Crippen molar-refractivity contribution in [1.82, 2.24) is 15.0 Å². The third-order valence-electron chi connectivity index (χ3n) is 2.66. The predicted molar refractivity (Wildman–Crippen MR) is 71.3 cm³/mol. The van der Waals surface area contributed by atoms with E-state index in [4.69, 9.17) is 10.6 Å². The molecule has 1 aromatic rings. The fourth-order valence-corrected chi connectivity index (χ4v) is 1.09. The molecule has 4 N–H and O–H groups in total. The molecule has 0 fully saturated rings. The second kappa shape index (κ2) is 5.81. The van der Waals surface area contributed by atoms with Gasteiger partial charge in [-0.15, -0.1) is 0 Å². The summed E-state index contributed by atoms with van der Waals surface area (Å²) >= 11 is 0. The number of aromatic nitrogens is 3. The average molecular weight is 254 g/mol. The third-order valence-corrected chi connectivity index (χ3v) is 2.66. The molecule has 0 amide bonds. The highest BCUT2D eigenvalue weighted by Crippen LogP contribution is 2.22. The molecule has 0 radical (unpaired) electrons. The highest BCUT2D eigenvalue weighted by atomic mass is 16.5. The van der Waals surface area contributed by atoms with E-state index in [1.807, 2.05) is 6.92 Å². The molecule has 0 spiro atoms. The van der Waals surface area contributed by atoms with Gasteiger partial charge in [-0.05, 0) is 19.3 Å². The van der Waals surface area contributed by atoms with Crippen LogP contribution in [0.2, 0.25) is 0 Å². The fraction of sp³-hybridized carbons (Fsp3) is 0.727. The topological polar surface area (TPSA) is 98.0 Å². The van der Waals surface area contributed by atoms with Crippen LogP contribution in [0.1, 0.15) is 34.6 Å². The van der Waals surface area contributed by atoms with E-state index in [2.05, 4.69) is 53.4 Å². The Kier molecular flexibility index (Phi) is 4.66. The van der Waals surface area contributed by atoms with E-state index in [1.54, 1.807) is 0 Å². The largest absolute Gasteiger partial charge is 0.464 e. The van der Waals surface area contributed by atoms with Crippen LogP contribution in [0.15, 0.2) is 0 Å². The highest BCUT2D eigenvalue weighted by molar-refractivity contribution is 5.35. The molecule has 0 saturated carbocycles. The molecule has 7 nitrogen and oxygen atoms in total. The van der Waals surface area contributed by atoms with Crippen LogP contribution in [-0.2, 0) is 0 Å². The van der Waals surface area contributed by atoms with Gasteiger partial charge in [0.05, 0.1) is 6.61 Å². The second-order valence-corrected chi connectivity index (χ2v) is 5.07. The number of nitrogens with zero attached hydrogens (tertiary/aromatic N) is 3. The Bertz CT molecular complexity index is 390.